The average molecular weight is 283 g/mol. The van der Waals surface area contributed by atoms with E-state index in [0.717, 1.165) is 6.42 Å². The molecule has 0 atom stereocenters. The molecule has 0 saturated heterocycles. The first-order chi connectivity index (χ1) is 10.9. The van der Waals surface area contributed by atoms with E-state index >= 15 is 0 Å². The molecule has 106 valence electrons. The van der Waals surface area contributed by atoms with Gasteiger partial charge in [0.1, 0.15) is 0 Å². The highest BCUT2D eigenvalue weighted by atomic mass is 14.7. The predicted octanol–water partition coefficient (Wildman–Crippen LogP) is 5.43. The van der Waals surface area contributed by atoms with E-state index in [1.165, 1.54) is 33.3 Å². The van der Waals surface area contributed by atoms with Gasteiger partial charge in [-0.05, 0) is 29.7 Å². The molecule has 0 aliphatic carbocycles. The standard InChI is InChI=1S/C21H17N/c1-2-8-16(9-3-1)14-17-10-4-6-12-19(17)21-15-18-11-5-7-13-20(18)22-21/h1-13,15,22H,14H2. The van der Waals surface area contributed by atoms with Gasteiger partial charge in [-0.25, -0.2) is 0 Å². The summed E-state index contributed by atoms with van der Waals surface area (Å²) in [5.74, 6) is 0. The molecular weight excluding hydrogens is 266 g/mol. The van der Waals surface area contributed by atoms with Gasteiger partial charge in [-0.15, -0.1) is 0 Å². The van der Waals surface area contributed by atoms with Crippen molar-refractivity contribution in [2.75, 3.05) is 0 Å². The van der Waals surface area contributed by atoms with Gasteiger partial charge in [-0.2, -0.15) is 0 Å². The Labute approximate surface area is 130 Å². The van der Waals surface area contributed by atoms with Gasteiger partial charge < -0.3 is 4.98 Å². The van der Waals surface area contributed by atoms with Crippen LogP contribution in [0, 0.1) is 0 Å². The van der Waals surface area contributed by atoms with Crippen molar-refractivity contribution in [3.8, 4) is 11.3 Å². The van der Waals surface area contributed by atoms with Crippen molar-refractivity contribution in [2.24, 2.45) is 0 Å². The molecule has 0 radical (unpaired) electrons. The molecule has 0 spiro atoms. The van der Waals surface area contributed by atoms with Crippen molar-refractivity contribution < 1.29 is 0 Å². The Morgan fingerprint density at radius 1 is 0.682 bits per heavy atom. The number of aromatic amines is 1. The summed E-state index contributed by atoms with van der Waals surface area (Å²) in [6, 6.07) is 29.9. The fraction of sp³-hybridized carbons (Fsp3) is 0.0476. The second kappa shape index (κ2) is 5.53. The Balaban J connectivity index is 1.78. The van der Waals surface area contributed by atoms with Crippen LogP contribution in [-0.2, 0) is 6.42 Å². The number of H-pyrrole nitrogens is 1. The fourth-order valence-corrected chi connectivity index (χ4v) is 2.97. The number of para-hydroxylation sites is 1. The molecule has 22 heavy (non-hydrogen) atoms. The molecule has 0 amide bonds. The van der Waals surface area contributed by atoms with E-state index in [-0.39, 0.29) is 0 Å². The molecule has 1 nitrogen and oxygen atoms in total. The molecule has 4 aromatic rings. The smallest absolute Gasteiger partial charge is 0.0467 e. The van der Waals surface area contributed by atoms with E-state index in [9.17, 15) is 0 Å². The van der Waals surface area contributed by atoms with Gasteiger partial charge in [0, 0.05) is 22.2 Å². The van der Waals surface area contributed by atoms with E-state index in [0.29, 0.717) is 0 Å². The van der Waals surface area contributed by atoms with Crippen LogP contribution in [0.1, 0.15) is 11.1 Å². The second-order valence-corrected chi connectivity index (χ2v) is 5.59. The predicted molar refractivity (Wildman–Crippen MR) is 93.0 cm³/mol. The summed E-state index contributed by atoms with van der Waals surface area (Å²) in [4.78, 5) is 3.54. The molecule has 0 fully saturated rings. The molecule has 4 rings (SSSR count). The summed E-state index contributed by atoms with van der Waals surface area (Å²) in [7, 11) is 0. The molecule has 0 aliphatic heterocycles. The van der Waals surface area contributed by atoms with Crippen LogP contribution in [0.4, 0.5) is 0 Å². The van der Waals surface area contributed by atoms with Gasteiger partial charge in [-0.1, -0.05) is 72.8 Å². The maximum atomic E-state index is 3.54. The van der Waals surface area contributed by atoms with E-state index in [1.807, 2.05) is 0 Å². The van der Waals surface area contributed by atoms with Crippen molar-refractivity contribution in [1.82, 2.24) is 4.98 Å². The second-order valence-electron chi connectivity index (χ2n) is 5.59. The van der Waals surface area contributed by atoms with E-state index in [2.05, 4.69) is 89.9 Å². The number of nitrogens with one attached hydrogen (secondary N) is 1. The SMILES string of the molecule is c1ccc(Cc2ccccc2-c2cc3ccccc3[nH]2)cc1. The molecule has 0 aliphatic rings. The van der Waals surface area contributed by atoms with E-state index < -0.39 is 0 Å². The number of benzene rings is 3. The quantitative estimate of drug-likeness (QED) is 0.516. The minimum absolute atomic E-state index is 0.951. The van der Waals surface area contributed by atoms with Gasteiger partial charge in [0.25, 0.3) is 0 Å². The van der Waals surface area contributed by atoms with Crippen molar-refractivity contribution >= 4 is 10.9 Å². The normalized spacial score (nSPS) is 10.9. The molecule has 1 heterocycles. The van der Waals surface area contributed by atoms with Crippen LogP contribution < -0.4 is 0 Å². The third-order valence-electron chi connectivity index (χ3n) is 4.07. The average Bonchev–Trinajstić information content (AvgIpc) is 3.00. The molecular formula is C21H17N. The molecule has 3 aromatic carbocycles. The summed E-state index contributed by atoms with van der Waals surface area (Å²) >= 11 is 0. The maximum Gasteiger partial charge on any atom is 0.0467 e. The largest absolute Gasteiger partial charge is 0.355 e. The lowest BCUT2D eigenvalue weighted by atomic mass is 9.98. The van der Waals surface area contributed by atoms with E-state index in [4.69, 9.17) is 0 Å². The van der Waals surface area contributed by atoms with Crippen LogP contribution in [0.25, 0.3) is 22.2 Å². The zero-order chi connectivity index (χ0) is 14.8. The first kappa shape index (κ1) is 12.9. The van der Waals surface area contributed by atoms with Gasteiger partial charge >= 0.3 is 0 Å². The Morgan fingerprint density at radius 2 is 1.41 bits per heavy atom. The Morgan fingerprint density at radius 3 is 2.27 bits per heavy atom. The lowest BCUT2D eigenvalue weighted by molar-refractivity contribution is 1.19. The fourth-order valence-electron chi connectivity index (χ4n) is 2.97. The van der Waals surface area contributed by atoms with Crippen LogP contribution in [0.5, 0.6) is 0 Å². The van der Waals surface area contributed by atoms with Crippen molar-refractivity contribution in [3.05, 3.63) is 96.1 Å². The first-order valence-corrected chi connectivity index (χ1v) is 7.60. The Hall–Kier alpha value is -2.80. The van der Waals surface area contributed by atoms with Gasteiger partial charge in [0.2, 0.25) is 0 Å². The lowest BCUT2D eigenvalue weighted by Crippen LogP contribution is -1.92. The third kappa shape index (κ3) is 2.42. The summed E-state index contributed by atoms with van der Waals surface area (Å²) < 4.78 is 0. The van der Waals surface area contributed by atoms with Crippen molar-refractivity contribution in [1.29, 1.82) is 0 Å². The zero-order valence-electron chi connectivity index (χ0n) is 12.3. The van der Waals surface area contributed by atoms with Crippen molar-refractivity contribution in [3.63, 3.8) is 0 Å². The van der Waals surface area contributed by atoms with Crippen LogP contribution in [0.15, 0.2) is 84.9 Å². The molecule has 1 N–H and O–H groups in total. The number of hydrogen-bond donors (Lipinski definition) is 1. The summed E-state index contributed by atoms with van der Waals surface area (Å²) in [6.45, 7) is 0. The van der Waals surface area contributed by atoms with Crippen LogP contribution >= 0.6 is 0 Å². The zero-order valence-corrected chi connectivity index (χ0v) is 12.3. The summed E-state index contributed by atoms with van der Waals surface area (Å²) in [5, 5.41) is 1.26. The first-order valence-electron chi connectivity index (χ1n) is 7.60. The number of fused-ring (bicyclic) bond motifs is 1. The molecule has 1 heteroatoms. The number of rotatable bonds is 3. The summed E-state index contributed by atoms with van der Waals surface area (Å²) in [5.41, 5.74) is 6.34. The van der Waals surface area contributed by atoms with Crippen LogP contribution in [0.2, 0.25) is 0 Å². The number of aromatic nitrogens is 1. The molecule has 1 aromatic heterocycles. The van der Waals surface area contributed by atoms with Crippen LogP contribution in [0.3, 0.4) is 0 Å². The minimum atomic E-state index is 0.951. The highest BCUT2D eigenvalue weighted by Crippen LogP contribution is 2.28. The van der Waals surface area contributed by atoms with E-state index in [1.54, 1.807) is 0 Å². The van der Waals surface area contributed by atoms with Crippen LogP contribution in [-0.4, -0.2) is 4.98 Å². The highest BCUT2D eigenvalue weighted by Gasteiger charge is 2.08. The third-order valence-corrected chi connectivity index (χ3v) is 4.07. The monoisotopic (exact) mass is 283 g/mol. The summed E-state index contributed by atoms with van der Waals surface area (Å²) in [6.07, 6.45) is 0.951. The van der Waals surface area contributed by atoms with Gasteiger partial charge in [-0.3, -0.25) is 0 Å². The van der Waals surface area contributed by atoms with Crippen molar-refractivity contribution in [2.45, 2.75) is 6.42 Å². The lowest BCUT2D eigenvalue weighted by Gasteiger charge is -2.08. The Kier molecular flexibility index (Phi) is 3.24. The molecule has 0 saturated carbocycles. The Bertz CT molecular complexity index is 870. The number of hydrogen-bond acceptors (Lipinski definition) is 0. The maximum absolute atomic E-state index is 3.54. The minimum Gasteiger partial charge on any atom is -0.355 e. The topological polar surface area (TPSA) is 15.8 Å². The van der Waals surface area contributed by atoms with Gasteiger partial charge in [0.05, 0.1) is 0 Å². The highest BCUT2D eigenvalue weighted by molar-refractivity contribution is 5.86. The molecule has 0 bridgehead atoms. The van der Waals surface area contributed by atoms with Gasteiger partial charge in [0.15, 0.2) is 0 Å². The molecule has 0 unspecified atom stereocenters.